The fraction of sp³-hybridized carbons (Fsp3) is 0.222. The quantitative estimate of drug-likeness (QED) is 0.749. The van der Waals surface area contributed by atoms with Gasteiger partial charge in [-0.1, -0.05) is 0 Å². The van der Waals surface area contributed by atoms with Crippen LogP contribution in [0.15, 0.2) is 36.5 Å². The Bertz CT molecular complexity index is 865. The second-order valence-electron chi connectivity index (χ2n) is 5.62. The van der Waals surface area contributed by atoms with Gasteiger partial charge in [0.25, 0.3) is 0 Å². The molecule has 0 unspecified atom stereocenters. The molecule has 0 radical (unpaired) electrons. The van der Waals surface area contributed by atoms with Crippen molar-refractivity contribution in [2.24, 2.45) is 0 Å². The van der Waals surface area contributed by atoms with Gasteiger partial charge in [-0.25, -0.2) is 13.2 Å². The van der Waals surface area contributed by atoms with Crippen molar-refractivity contribution in [2.75, 3.05) is 5.32 Å². The van der Waals surface area contributed by atoms with Crippen molar-refractivity contribution in [3.63, 3.8) is 0 Å². The van der Waals surface area contributed by atoms with E-state index < -0.39 is 17.5 Å². The minimum absolute atomic E-state index is 0.106. The van der Waals surface area contributed by atoms with Gasteiger partial charge in [0, 0.05) is 30.8 Å². The Balaban J connectivity index is 1.75. The number of nitrogens with one attached hydrogen (secondary N) is 1. The molecule has 0 aliphatic heterocycles. The fourth-order valence-corrected chi connectivity index (χ4v) is 2.57. The van der Waals surface area contributed by atoms with Gasteiger partial charge in [-0.15, -0.1) is 0 Å². The molecular formula is C18H17F3N4. The zero-order valence-corrected chi connectivity index (χ0v) is 13.9. The average molecular weight is 346 g/mol. The molecule has 3 rings (SSSR count). The summed E-state index contributed by atoms with van der Waals surface area (Å²) in [4.78, 5) is 4.37. The van der Waals surface area contributed by atoms with Gasteiger partial charge in [-0.05, 0) is 32.0 Å². The first-order valence-corrected chi connectivity index (χ1v) is 7.86. The predicted octanol–water partition coefficient (Wildman–Crippen LogP) is 4.30. The first-order chi connectivity index (χ1) is 12.0. The molecule has 0 saturated heterocycles. The van der Waals surface area contributed by atoms with E-state index in [-0.39, 0.29) is 12.1 Å². The standard InChI is InChI=1S/C18H17F3N4/c1-3-25-18(6-11(2)24-25)17-5-4-13(9-23-17)22-10-14-15(20)7-12(19)8-16(14)21/h4-9,22H,3,10H2,1-2H3. The van der Waals surface area contributed by atoms with Crippen LogP contribution in [-0.2, 0) is 13.1 Å². The first kappa shape index (κ1) is 17.0. The fourth-order valence-electron chi connectivity index (χ4n) is 2.57. The maximum atomic E-state index is 13.6. The van der Waals surface area contributed by atoms with Crippen molar-refractivity contribution in [1.29, 1.82) is 0 Å². The molecule has 0 aliphatic rings. The van der Waals surface area contributed by atoms with Crippen molar-refractivity contribution in [3.8, 4) is 11.4 Å². The number of hydrogen-bond donors (Lipinski definition) is 1. The molecule has 0 amide bonds. The van der Waals surface area contributed by atoms with Gasteiger partial charge in [-0.2, -0.15) is 5.10 Å². The van der Waals surface area contributed by atoms with E-state index >= 15 is 0 Å². The van der Waals surface area contributed by atoms with E-state index in [1.54, 1.807) is 12.3 Å². The summed E-state index contributed by atoms with van der Waals surface area (Å²) in [6.45, 7) is 4.54. The lowest BCUT2D eigenvalue weighted by Crippen LogP contribution is -2.06. The molecule has 25 heavy (non-hydrogen) atoms. The maximum absolute atomic E-state index is 13.6. The first-order valence-electron chi connectivity index (χ1n) is 7.86. The Morgan fingerprint density at radius 3 is 2.40 bits per heavy atom. The molecular weight excluding hydrogens is 329 g/mol. The Labute approximate surface area is 143 Å². The van der Waals surface area contributed by atoms with Gasteiger partial charge < -0.3 is 5.32 Å². The number of hydrogen-bond acceptors (Lipinski definition) is 3. The summed E-state index contributed by atoms with van der Waals surface area (Å²) in [5.74, 6) is -2.78. The Hall–Kier alpha value is -2.83. The van der Waals surface area contributed by atoms with E-state index in [0.29, 0.717) is 17.8 Å². The summed E-state index contributed by atoms with van der Waals surface area (Å²) in [5, 5.41) is 7.26. The largest absolute Gasteiger partial charge is 0.379 e. The molecule has 0 bridgehead atoms. The normalized spacial score (nSPS) is 10.9. The Morgan fingerprint density at radius 1 is 1.08 bits per heavy atom. The number of halogens is 3. The van der Waals surface area contributed by atoms with E-state index in [9.17, 15) is 13.2 Å². The number of rotatable bonds is 5. The monoisotopic (exact) mass is 346 g/mol. The van der Waals surface area contributed by atoms with Gasteiger partial charge in [-0.3, -0.25) is 9.67 Å². The average Bonchev–Trinajstić information content (AvgIpc) is 2.95. The molecule has 0 atom stereocenters. The molecule has 130 valence electrons. The molecule has 0 fully saturated rings. The highest BCUT2D eigenvalue weighted by molar-refractivity contribution is 5.58. The highest BCUT2D eigenvalue weighted by Crippen LogP contribution is 2.21. The van der Waals surface area contributed by atoms with Gasteiger partial charge >= 0.3 is 0 Å². The molecule has 0 saturated carbocycles. The number of pyridine rings is 1. The second-order valence-corrected chi connectivity index (χ2v) is 5.62. The zero-order chi connectivity index (χ0) is 18.0. The number of aromatic nitrogens is 3. The van der Waals surface area contributed by atoms with Crippen molar-refractivity contribution in [3.05, 3.63) is 65.2 Å². The van der Waals surface area contributed by atoms with Crippen LogP contribution in [0.25, 0.3) is 11.4 Å². The van der Waals surface area contributed by atoms with Crippen molar-refractivity contribution >= 4 is 5.69 Å². The molecule has 0 spiro atoms. The molecule has 0 aliphatic carbocycles. The van der Waals surface area contributed by atoms with E-state index in [1.807, 2.05) is 30.7 Å². The van der Waals surface area contributed by atoms with Gasteiger partial charge in [0.15, 0.2) is 0 Å². The lowest BCUT2D eigenvalue weighted by molar-refractivity contribution is 0.527. The van der Waals surface area contributed by atoms with Gasteiger partial charge in [0.05, 0.1) is 29.0 Å². The molecule has 3 aromatic rings. The van der Waals surface area contributed by atoms with Crippen LogP contribution in [0.5, 0.6) is 0 Å². The molecule has 1 aromatic carbocycles. The van der Waals surface area contributed by atoms with Crippen LogP contribution < -0.4 is 5.32 Å². The second kappa shape index (κ2) is 6.96. The molecule has 2 heterocycles. The van der Waals surface area contributed by atoms with Crippen LogP contribution in [-0.4, -0.2) is 14.8 Å². The Kier molecular flexibility index (Phi) is 4.74. The predicted molar refractivity (Wildman–Crippen MR) is 89.5 cm³/mol. The molecule has 4 nitrogen and oxygen atoms in total. The number of benzene rings is 1. The van der Waals surface area contributed by atoms with Gasteiger partial charge in [0.1, 0.15) is 17.5 Å². The highest BCUT2D eigenvalue weighted by Gasteiger charge is 2.12. The minimum atomic E-state index is -0.937. The van der Waals surface area contributed by atoms with Crippen molar-refractivity contribution < 1.29 is 13.2 Å². The smallest absolute Gasteiger partial charge is 0.134 e. The van der Waals surface area contributed by atoms with Crippen molar-refractivity contribution in [2.45, 2.75) is 26.9 Å². The van der Waals surface area contributed by atoms with E-state index in [2.05, 4.69) is 15.4 Å². The number of nitrogens with zero attached hydrogens (tertiary/aromatic N) is 3. The van der Waals surface area contributed by atoms with Crippen molar-refractivity contribution in [1.82, 2.24) is 14.8 Å². The lowest BCUT2D eigenvalue weighted by Gasteiger charge is -2.09. The van der Waals surface area contributed by atoms with E-state index in [0.717, 1.165) is 23.6 Å². The summed E-state index contributed by atoms with van der Waals surface area (Å²) < 4.78 is 42.1. The summed E-state index contributed by atoms with van der Waals surface area (Å²) >= 11 is 0. The van der Waals surface area contributed by atoms with E-state index in [1.165, 1.54) is 0 Å². The summed E-state index contributed by atoms with van der Waals surface area (Å²) in [7, 11) is 0. The van der Waals surface area contributed by atoms with E-state index in [4.69, 9.17) is 0 Å². The third-order valence-corrected chi connectivity index (χ3v) is 3.80. The van der Waals surface area contributed by atoms with Crippen LogP contribution >= 0.6 is 0 Å². The minimum Gasteiger partial charge on any atom is -0.379 e. The van der Waals surface area contributed by atoms with Crippen LogP contribution in [0, 0.1) is 24.4 Å². The van der Waals surface area contributed by atoms with Crippen LogP contribution in [0.1, 0.15) is 18.2 Å². The van der Waals surface area contributed by atoms with Crippen LogP contribution in [0.4, 0.5) is 18.9 Å². The van der Waals surface area contributed by atoms with Gasteiger partial charge in [0.2, 0.25) is 0 Å². The zero-order valence-electron chi connectivity index (χ0n) is 13.9. The third-order valence-electron chi connectivity index (χ3n) is 3.80. The summed E-state index contributed by atoms with van der Waals surface area (Å²) in [6.07, 6.45) is 1.58. The Morgan fingerprint density at radius 2 is 1.80 bits per heavy atom. The molecule has 1 N–H and O–H groups in total. The third kappa shape index (κ3) is 3.65. The lowest BCUT2D eigenvalue weighted by atomic mass is 10.2. The summed E-state index contributed by atoms with van der Waals surface area (Å²) in [6, 6.07) is 6.85. The number of anilines is 1. The molecule has 2 aromatic heterocycles. The number of aryl methyl sites for hydroxylation is 2. The topological polar surface area (TPSA) is 42.7 Å². The molecule has 7 heteroatoms. The maximum Gasteiger partial charge on any atom is 0.134 e. The van der Waals surface area contributed by atoms with Crippen LogP contribution in [0.3, 0.4) is 0 Å². The summed E-state index contributed by atoms with van der Waals surface area (Å²) in [5.41, 5.74) is 2.95. The SMILES string of the molecule is CCn1nc(C)cc1-c1ccc(NCc2c(F)cc(F)cc2F)cn1. The highest BCUT2D eigenvalue weighted by atomic mass is 19.1. The van der Waals surface area contributed by atoms with Crippen LogP contribution in [0.2, 0.25) is 0 Å².